The van der Waals surface area contributed by atoms with Crippen molar-refractivity contribution in [2.24, 2.45) is 17.3 Å². The van der Waals surface area contributed by atoms with Crippen LogP contribution in [0.5, 0.6) is 0 Å². The summed E-state index contributed by atoms with van der Waals surface area (Å²) in [5.74, 6) is 0.582. The summed E-state index contributed by atoms with van der Waals surface area (Å²) in [7, 11) is 1.67. The Labute approximate surface area is 121 Å². The van der Waals surface area contributed by atoms with Crippen LogP contribution in [0.1, 0.15) is 33.1 Å². The van der Waals surface area contributed by atoms with Crippen molar-refractivity contribution in [1.29, 1.82) is 0 Å². The summed E-state index contributed by atoms with van der Waals surface area (Å²) < 4.78 is 0. The van der Waals surface area contributed by atoms with Gasteiger partial charge in [-0.2, -0.15) is 0 Å². The summed E-state index contributed by atoms with van der Waals surface area (Å²) >= 11 is 0. The number of carbonyl (C=O) groups is 2. The third-order valence-corrected chi connectivity index (χ3v) is 5.05. The van der Waals surface area contributed by atoms with Gasteiger partial charge in [-0.25, -0.2) is 0 Å². The molecule has 0 aromatic heterocycles. The van der Waals surface area contributed by atoms with E-state index in [1.807, 2.05) is 4.90 Å². The maximum atomic E-state index is 13.0. The summed E-state index contributed by atoms with van der Waals surface area (Å²) in [4.78, 5) is 26.7. The first-order valence-electron chi connectivity index (χ1n) is 7.73. The van der Waals surface area contributed by atoms with Crippen molar-refractivity contribution in [2.45, 2.75) is 33.1 Å². The molecule has 114 valence electrons. The Bertz CT molecular complexity index is 375. The third-order valence-electron chi connectivity index (χ3n) is 5.05. The molecular formula is C15H27N3O2. The van der Waals surface area contributed by atoms with Gasteiger partial charge in [0.1, 0.15) is 0 Å². The maximum Gasteiger partial charge on any atom is 0.230 e. The molecule has 2 rings (SSSR count). The lowest BCUT2D eigenvalue weighted by Gasteiger charge is -2.40. The number of carbonyl (C=O) groups excluding carboxylic acids is 2. The van der Waals surface area contributed by atoms with Crippen molar-refractivity contribution < 1.29 is 9.59 Å². The van der Waals surface area contributed by atoms with Crippen LogP contribution >= 0.6 is 0 Å². The van der Waals surface area contributed by atoms with Crippen LogP contribution in [0.4, 0.5) is 0 Å². The molecule has 0 aliphatic carbocycles. The molecule has 0 spiro atoms. The second-order valence-corrected chi connectivity index (χ2v) is 6.44. The molecule has 2 saturated heterocycles. The summed E-state index contributed by atoms with van der Waals surface area (Å²) in [6, 6.07) is 0. The number of hydrogen-bond acceptors (Lipinski definition) is 3. The highest BCUT2D eigenvalue weighted by Gasteiger charge is 2.46. The van der Waals surface area contributed by atoms with Crippen LogP contribution in [0.2, 0.25) is 0 Å². The molecule has 20 heavy (non-hydrogen) atoms. The minimum Gasteiger partial charge on any atom is -0.359 e. The average molecular weight is 281 g/mol. The lowest BCUT2D eigenvalue weighted by molar-refractivity contribution is -0.146. The van der Waals surface area contributed by atoms with Gasteiger partial charge in [0, 0.05) is 26.7 Å². The lowest BCUT2D eigenvalue weighted by atomic mass is 9.74. The Morgan fingerprint density at radius 3 is 2.70 bits per heavy atom. The molecule has 5 nitrogen and oxygen atoms in total. The number of rotatable bonds is 3. The number of likely N-dealkylation sites (tertiary alicyclic amines) is 1. The minimum atomic E-state index is -0.273. The Balaban J connectivity index is 2.09. The predicted molar refractivity (Wildman–Crippen MR) is 78.1 cm³/mol. The van der Waals surface area contributed by atoms with E-state index in [0.717, 1.165) is 38.9 Å². The van der Waals surface area contributed by atoms with E-state index in [2.05, 4.69) is 24.5 Å². The van der Waals surface area contributed by atoms with Gasteiger partial charge in [-0.05, 0) is 31.7 Å². The van der Waals surface area contributed by atoms with Gasteiger partial charge in [0.25, 0.3) is 0 Å². The Morgan fingerprint density at radius 1 is 1.40 bits per heavy atom. The zero-order valence-electron chi connectivity index (χ0n) is 12.9. The monoisotopic (exact) mass is 281 g/mol. The van der Waals surface area contributed by atoms with Crippen molar-refractivity contribution in [3.63, 3.8) is 0 Å². The molecule has 5 heteroatoms. The van der Waals surface area contributed by atoms with Crippen LogP contribution in [0, 0.1) is 17.3 Å². The van der Waals surface area contributed by atoms with E-state index in [1.54, 1.807) is 7.05 Å². The van der Waals surface area contributed by atoms with Crippen molar-refractivity contribution >= 4 is 11.8 Å². The van der Waals surface area contributed by atoms with Crippen LogP contribution in [0.25, 0.3) is 0 Å². The fraction of sp³-hybridized carbons (Fsp3) is 0.867. The third kappa shape index (κ3) is 2.68. The number of nitrogens with one attached hydrogen (secondary N) is 2. The smallest absolute Gasteiger partial charge is 0.230 e. The largest absolute Gasteiger partial charge is 0.359 e. The van der Waals surface area contributed by atoms with Crippen molar-refractivity contribution in [3.8, 4) is 0 Å². The van der Waals surface area contributed by atoms with Crippen LogP contribution in [-0.2, 0) is 9.59 Å². The fourth-order valence-electron chi connectivity index (χ4n) is 3.53. The summed E-state index contributed by atoms with van der Waals surface area (Å²) in [6.45, 7) is 7.31. The lowest BCUT2D eigenvalue weighted by Crippen LogP contribution is -2.52. The number of amides is 2. The van der Waals surface area contributed by atoms with Crippen molar-refractivity contribution in [1.82, 2.24) is 15.5 Å². The highest BCUT2D eigenvalue weighted by Crippen LogP contribution is 2.37. The van der Waals surface area contributed by atoms with Crippen LogP contribution in [-0.4, -0.2) is 49.9 Å². The van der Waals surface area contributed by atoms with Crippen LogP contribution in [0.15, 0.2) is 0 Å². The minimum absolute atomic E-state index is 0.0451. The zero-order valence-corrected chi connectivity index (χ0v) is 12.9. The second-order valence-electron chi connectivity index (χ2n) is 6.44. The zero-order chi connectivity index (χ0) is 14.8. The molecule has 0 aromatic rings. The average Bonchev–Trinajstić information content (AvgIpc) is 2.96. The van der Waals surface area contributed by atoms with E-state index in [0.29, 0.717) is 12.5 Å². The van der Waals surface area contributed by atoms with Gasteiger partial charge in [-0.3, -0.25) is 9.59 Å². The molecule has 2 unspecified atom stereocenters. The van der Waals surface area contributed by atoms with Crippen LogP contribution in [0.3, 0.4) is 0 Å². The molecule has 2 aliphatic rings. The maximum absolute atomic E-state index is 13.0. The highest BCUT2D eigenvalue weighted by atomic mass is 16.2. The van der Waals surface area contributed by atoms with Gasteiger partial charge in [-0.1, -0.05) is 13.8 Å². The Hall–Kier alpha value is -1.10. The molecule has 0 bridgehead atoms. The first kappa shape index (κ1) is 15.3. The first-order chi connectivity index (χ1) is 9.51. The van der Waals surface area contributed by atoms with E-state index in [-0.39, 0.29) is 23.1 Å². The molecule has 2 aliphatic heterocycles. The van der Waals surface area contributed by atoms with Gasteiger partial charge in [0.15, 0.2) is 0 Å². The van der Waals surface area contributed by atoms with Crippen molar-refractivity contribution in [2.75, 3.05) is 33.2 Å². The van der Waals surface area contributed by atoms with Gasteiger partial charge >= 0.3 is 0 Å². The number of nitrogens with zero attached hydrogens (tertiary/aromatic N) is 1. The van der Waals surface area contributed by atoms with E-state index >= 15 is 0 Å². The predicted octanol–water partition coefficient (Wildman–Crippen LogP) is 0.607. The molecule has 2 N–H and O–H groups in total. The molecule has 2 atom stereocenters. The van der Waals surface area contributed by atoms with Crippen molar-refractivity contribution in [3.05, 3.63) is 0 Å². The SMILES string of the molecule is CNC(=O)C1CCCN(C(=O)C2(C(C)C)CCNC2)C1. The summed E-state index contributed by atoms with van der Waals surface area (Å²) in [5.41, 5.74) is -0.273. The van der Waals surface area contributed by atoms with Crippen LogP contribution < -0.4 is 10.6 Å². The van der Waals surface area contributed by atoms with Gasteiger partial charge in [0.2, 0.25) is 11.8 Å². The normalized spacial score (nSPS) is 30.6. The molecule has 0 radical (unpaired) electrons. The molecular weight excluding hydrogens is 254 g/mol. The topological polar surface area (TPSA) is 61.4 Å². The summed E-state index contributed by atoms with van der Waals surface area (Å²) in [5, 5.41) is 6.04. The standard InChI is InChI=1S/C15H27N3O2/c1-11(2)15(6-7-17-10-15)14(20)18-8-4-5-12(9-18)13(19)16-3/h11-12,17H,4-10H2,1-3H3,(H,16,19). The molecule has 2 amide bonds. The van der Waals surface area contributed by atoms with E-state index in [9.17, 15) is 9.59 Å². The fourth-order valence-corrected chi connectivity index (χ4v) is 3.53. The molecule has 0 saturated carbocycles. The molecule has 2 fully saturated rings. The second kappa shape index (κ2) is 6.12. The number of piperidine rings is 1. The molecule has 0 aromatic carbocycles. The summed E-state index contributed by atoms with van der Waals surface area (Å²) in [6.07, 6.45) is 2.71. The van der Waals surface area contributed by atoms with Gasteiger partial charge in [0.05, 0.1) is 11.3 Å². The first-order valence-corrected chi connectivity index (χ1v) is 7.73. The van der Waals surface area contributed by atoms with Gasteiger partial charge < -0.3 is 15.5 Å². The van der Waals surface area contributed by atoms with E-state index in [1.165, 1.54) is 0 Å². The van der Waals surface area contributed by atoms with E-state index in [4.69, 9.17) is 0 Å². The Morgan fingerprint density at radius 2 is 2.15 bits per heavy atom. The molecule has 2 heterocycles. The number of hydrogen-bond donors (Lipinski definition) is 2. The Kier molecular flexibility index (Phi) is 4.68. The van der Waals surface area contributed by atoms with E-state index < -0.39 is 0 Å². The highest BCUT2D eigenvalue weighted by molar-refractivity contribution is 5.85. The quantitative estimate of drug-likeness (QED) is 0.796. The van der Waals surface area contributed by atoms with Gasteiger partial charge in [-0.15, -0.1) is 0 Å².